The van der Waals surface area contributed by atoms with E-state index >= 15 is 0 Å². The third kappa shape index (κ3) is 5.03. The molecular weight excluding hydrogens is 330 g/mol. The van der Waals surface area contributed by atoms with E-state index in [9.17, 15) is 4.79 Å². The summed E-state index contributed by atoms with van der Waals surface area (Å²) in [6, 6.07) is 7.92. The molecule has 2 aromatic rings. The Morgan fingerprint density at radius 2 is 2.17 bits per heavy atom. The summed E-state index contributed by atoms with van der Waals surface area (Å²) in [4.78, 5) is 16.7. The van der Waals surface area contributed by atoms with Crippen LogP contribution in [-0.4, -0.2) is 24.0 Å². The number of thiazole rings is 1. The number of nitrogens with zero attached hydrogens (tertiary/aromatic N) is 1. The summed E-state index contributed by atoms with van der Waals surface area (Å²) in [5.74, 6) is 0.615. The zero-order chi connectivity index (χ0) is 15.4. The summed E-state index contributed by atoms with van der Waals surface area (Å²) in [5.41, 5.74) is 2.86. The maximum absolute atomic E-state index is 12.2. The molecule has 1 aromatic heterocycles. The normalized spacial score (nSPS) is 15.0. The van der Waals surface area contributed by atoms with Crippen molar-refractivity contribution in [3.63, 3.8) is 0 Å². The van der Waals surface area contributed by atoms with Gasteiger partial charge in [-0.2, -0.15) is 0 Å². The van der Waals surface area contributed by atoms with E-state index in [2.05, 4.69) is 15.6 Å². The van der Waals surface area contributed by atoms with Gasteiger partial charge in [-0.1, -0.05) is 12.1 Å². The van der Waals surface area contributed by atoms with E-state index < -0.39 is 0 Å². The number of hydrogen-bond acceptors (Lipinski definition) is 4. The Hall–Kier alpha value is -1.43. The molecule has 23 heavy (non-hydrogen) atoms. The molecule has 1 aliphatic rings. The quantitative estimate of drug-likeness (QED) is 0.879. The maximum atomic E-state index is 12.2. The fraction of sp³-hybridized carbons (Fsp3) is 0.412. The van der Waals surface area contributed by atoms with E-state index in [0.717, 1.165) is 47.9 Å². The van der Waals surface area contributed by atoms with Gasteiger partial charge in [0.25, 0.3) is 0 Å². The Morgan fingerprint density at radius 1 is 1.39 bits per heavy atom. The number of anilines is 1. The van der Waals surface area contributed by atoms with Gasteiger partial charge in [0.15, 0.2) is 0 Å². The summed E-state index contributed by atoms with van der Waals surface area (Å²) < 4.78 is 0. The molecule has 1 amide bonds. The molecule has 3 rings (SSSR count). The molecule has 6 heteroatoms. The van der Waals surface area contributed by atoms with Crippen LogP contribution in [0, 0.1) is 12.8 Å². The number of amides is 1. The van der Waals surface area contributed by atoms with Crippen LogP contribution in [0.5, 0.6) is 0 Å². The number of piperidine rings is 1. The summed E-state index contributed by atoms with van der Waals surface area (Å²) >= 11 is 1.64. The highest BCUT2D eigenvalue weighted by Gasteiger charge is 2.16. The molecule has 1 fully saturated rings. The average Bonchev–Trinajstić information content (AvgIpc) is 2.95. The molecule has 0 saturated carbocycles. The van der Waals surface area contributed by atoms with Crippen molar-refractivity contribution in [2.45, 2.75) is 26.2 Å². The molecule has 0 aliphatic carbocycles. The number of nitrogens with one attached hydrogen (secondary N) is 2. The maximum Gasteiger partial charge on any atom is 0.224 e. The summed E-state index contributed by atoms with van der Waals surface area (Å²) in [6.45, 7) is 4.05. The van der Waals surface area contributed by atoms with Crippen LogP contribution >= 0.6 is 23.7 Å². The first-order valence-corrected chi connectivity index (χ1v) is 8.62. The van der Waals surface area contributed by atoms with Crippen LogP contribution in [-0.2, 0) is 4.79 Å². The third-order valence-corrected chi connectivity index (χ3v) is 4.77. The molecule has 4 nitrogen and oxygen atoms in total. The molecule has 0 bridgehead atoms. The number of benzene rings is 1. The SMILES string of the molecule is Cc1nc(-c2cccc(NC(=O)CC3CCNCC3)c2)cs1.Cl. The van der Waals surface area contributed by atoms with Gasteiger partial charge in [-0.05, 0) is 50.9 Å². The summed E-state index contributed by atoms with van der Waals surface area (Å²) in [7, 11) is 0. The van der Waals surface area contributed by atoms with Gasteiger partial charge in [0.2, 0.25) is 5.91 Å². The minimum atomic E-state index is 0. The molecule has 0 radical (unpaired) electrons. The van der Waals surface area contributed by atoms with Crippen LogP contribution < -0.4 is 10.6 Å². The molecule has 2 heterocycles. The van der Waals surface area contributed by atoms with E-state index in [1.54, 1.807) is 11.3 Å². The molecular formula is C17H22ClN3OS. The Morgan fingerprint density at radius 3 is 2.87 bits per heavy atom. The average molecular weight is 352 g/mol. The van der Waals surface area contributed by atoms with E-state index in [0.29, 0.717) is 12.3 Å². The first-order chi connectivity index (χ1) is 10.7. The fourth-order valence-electron chi connectivity index (χ4n) is 2.81. The van der Waals surface area contributed by atoms with Gasteiger partial charge in [-0.25, -0.2) is 4.98 Å². The minimum Gasteiger partial charge on any atom is -0.326 e. The van der Waals surface area contributed by atoms with Crippen LogP contribution in [0.15, 0.2) is 29.6 Å². The third-order valence-electron chi connectivity index (χ3n) is 3.99. The van der Waals surface area contributed by atoms with Crippen molar-refractivity contribution >= 4 is 35.3 Å². The Balaban J connectivity index is 0.00000192. The molecule has 124 valence electrons. The predicted molar refractivity (Wildman–Crippen MR) is 98.4 cm³/mol. The van der Waals surface area contributed by atoms with Crippen molar-refractivity contribution in [2.75, 3.05) is 18.4 Å². The number of halogens is 1. The second-order valence-electron chi connectivity index (χ2n) is 5.78. The van der Waals surface area contributed by atoms with E-state index in [1.807, 2.05) is 36.6 Å². The predicted octanol–water partition coefficient (Wildman–Crippen LogP) is 3.87. The molecule has 1 saturated heterocycles. The van der Waals surface area contributed by atoms with E-state index in [1.165, 1.54) is 0 Å². The van der Waals surface area contributed by atoms with E-state index in [-0.39, 0.29) is 18.3 Å². The molecule has 2 N–H and O–H groups in total. The zero-order valence-corrected chi connectivity index (χ0v) is 14.8. The molecule has 0 unspecified atom stereocenters. The highest BCUT2D eigenvalue weighted by atomic mass is 35.5. The topological polar surface area (TPSA) is 54.0 Å². The van der Waals surface area contributed by atoms with Crippen molar-refractivity contribution in [3.8, 4) is 11.3 Å². The fourth-order valence-corrected chi connectivity index (χ4v) is 3.43. The first-order valence-electron chi connectivity index (χ1n) is 7.74. The van der Waals surface area contributed by atoms with E-state index in [4.69, 9.17) is 0 Å². The van der Waals surface area contributed by atoms with Gasteiger partial charge in [-0.15, -0.1) is 23.7 Å². The van der Waals surface area contributed by atoms with Gasteiger partial charge >= 0.3 is 0 Å². The Kier molecular flexibility index (Phi) is 6.57. The first kappa shape index (κ1) is 17.9. The number of carbonyl (C=O) groups is 1. The largest absolute Gasteiger partial charge is 0.326 e. The zero-order valence-electron chi connectivity index (χ0n) is 13.2. The lowest BCUT2D eigenvalue weighted by Gasteiger charge is -2.21. The smallest absolute Gasteiger partial charge is 0.224 e. The van der Waals surface area contributed by atoms with Crippen molar-refractivity contribution in [1.82, 2.24) is 10.3 Å². The van der Waals surface area contributed by atoms with Gasteiger partial charge < -0.3 is 10.6 Å². The van der Waals surface area contributed by atoms with Crippen molar-refractivity contribution in [1.29, 1.82) is 0 Å². The standard InChI is InChI=1S/C17H21N3OS.ClH/c1-12-19-16(11-22-12)14-3-2-4-15(10-14)20-17(21)9-13-5-7-18-8-6-13;/h2-4,10-11,13,18H,5-9H2,1H3,(H,20,21);1H. The number of rotatable bonds is 4. The molecule has 0 atom stereocenters. The highest BCUT2D eigenvalue weighted by Crippen LogP contribution is 2.24. The highest BCUT2D eigenvalue weighted by molar-refractivity contribution is 7.09. The molecule has 1 aromatic carbocycles. The van der Waals surface area contributed by atoms with Gasteiger partial charge in [0, 0.05) is 23.1 Å². The second-order valence-corrected chi connectivity index (χ2v) is 6.84. The van der Waals surface area contributed by atoms with Crippen LogP contribution in [0.2, 0.25) is 0 Å². The lowest BCUT2D eigenvalue weighted by molar-refractivity contribution is -0.117. The molecule has 0 spiro atoms. The molecule has 1 aliphatic heterocycles. The Labute approximate surface area is 147 Å². The van der Waals surface area contributed by atoms with Gasteiger partial charge in [0.05, 0.1) is 10.7 Å². The lowest BCUT2D eigenvalue weighted by atomic mass is 9.94. The van der Waals surface area contributed by atoms with Crippen LogP contribution in [0.3, 0.4) is 0 Å². The lowest BCUT2D eigenvalue weighted by Crippen LogP contribution is -2.30. The van der Waals surface area contributed by atoms with Crippen molar-refractivity contribution in [2.24, 2.45) is 5.92 Å². The van der Waals surface area contributed by atoms with Gasteiger partial charge in [0.1, 0.15) is 0 Å². The summed E-state index contributed by atoms with van der Waals surface area (Å²) in [5, 5.41) is 9.45. The number of carbonyl (C=O) groups excluding carboxylic acids is 1. The Bertz CT molecular complexity index is 653. The monoisotopic (exact) mass is 351 g/mol. The summed E-state index contributed by atoms with van der Waals surface area (Å²) in [6.07, 6.45) is 2.79. The number of aryl methyl sites for hydroxylation is 1. The minimum absolute atomic E-state index is 0. The van der Waals surface area contributed by atoms with Crippen LogP contribution in [0.25, 0.3) is 11.3 Å². The van der Waals surface area contributed by atoms with Crippen molar-refractivity contribution in [3.05, 3.63) is 34.7 Å². The van der Waals surface area contributed by atoms with Crippen LogP contribution in [0.1, 0.15) is 24.3 Å². The number of hydrogen-bond donors (Lipinski definition) is 2. The van der Waals surface area contributed by atoms with Crippen molar-refractivity contribution < 1.29 is 4.79 Å². The van der Waals surface area contributed by atoms with Gasteiger partial charge in [-0.3, -0.25) is 4.79 Å². The second kappa shape index (κ2) is 8.43. The van der Waals surface area contributed by atoms with Crippen LogP contribution in [0.4, 0.5) is 5.69 Å². The number of aromatic nitrogens is 1.